The molecule has 0 radical (unpaired) electrons. The maximum atomic E-state index is 12.0. The summed E-state index contributed by atoms with van der Waals surface area (Å²) in [5.74, 6) is 0.333. The van der Waals surface area contributed by atoms with Crippen molar-refractivity contribution in [3.05, 3.63) is 54.2 Å². The number of rotatable bonds is 4. The number of nitrogens with zero attached hydrogens (tertiary/aromatic N) is 2. The van der Waals surface area contributed by atoms with E-state index in [1.807, 2.05) is 36.4 Å². The zero-order valence-electron chi connectivity index (χ0n) is 11.0. The first kappa shape index (κ1) is 13.6. The van der Waals surface area contributed by atoms with E-state index in [0.717, 1.165) is 5.69 Å². The lowest BCUT2D eigenvalue weighted by Crippen LogP contribution is -2.32. The molecule has 0 bridgehead atoms. The van der Waals surface area contributed by atoms with Gasteiger partial charge in [0.2, 0.25) is 5.91 Å². The van der Waals surface area contributed by atoms with Gasteiger partial charge in [-0.15, -0.1) is 0 Å². The fourth-order valence-electron chi connectivity index (χ4n) is 1.64. The molecular formula is C15H14N4O. The summed E-state index contributed by atoms with van der Waals surface area (Å²) >= 11 is 0. The molecular weight excluding hydrogens is 252 g/mol. The Balaban J connectivity index is 1.99. The summed E-state index contributed by atoms with van der Waals surface area (Å²) in [6.45, 7) is 1.74. The normalized spacial score (nSPS) is 11.2. The Hall–Kier alpha value is -2.87. The summed E-state index contributed by atoms with van der Waals surface area (Å²) in [6.07, 6.45) is 0. The van der Waals surface area contributed by atoms with E-state index >= 15 is 0 Å². The Labute approximate surface area is 117 Å². The monoisotopic (exact) mass is 266 g/mol. The molecule has 2 aromatic rings. The second-order valence-electron chi connectivity index (χ2n) is 4.24. The van der Waals surface area contributed by atoms with E-state index < -0.39 is 6.04 Å². The van der Waals surface area contributed by atoms with Crippen LogP contribution in [0.2, 0.25) is 0 Å². The van der Waals surface area contributed by atoms with Crippen molar-refractivity contribution in [2.45, 2.75) is 13.0 Å². The van der Waals surface area contributed by atoms with Crippen LogP contribution in [-0.4, -0.2) is 16.9 Å². The van der Waals surface area contributed by atoms with E-state index in [-0.39, 0.29) is 5.91 Å². The molecule has 2 N–H and O–H groups in total. The van der Waals surface area contributed by atoms with Crippen molar-refractivity contribution in [3.63, 3.8) is 0 Å². The fourth-order valence-corrected chi connectivity index (χ4v) is 1.64. The van der Waals surface area contributed by atoms with Crippen molar-refractivity contribution in [3.8, 4) is 6.07 Å². The molecule has 1 unspecified atom stereocenters. The smallest absolute Gasteiger partial charge is 0.246 e. The Kier molecular flexibility index (Phi) is 4.30. The Morgan fingerprint density at radius 2 is 1.95 bits per heavy atom. The molecule has 100 valence electrons. The predicted octanol–water partition coefficient (Wildman–Crippen LogP) is 2.39. The van der Waals surface area contributed by atoms with Crippen LogP contribution >= 0.6 is 0 Å². The molecule has 0 saturated carbocycles. The highest BCUT2D eigenvalue weighted by molar-refractivity contribution is 5.96. The number of carbonyl (C=O) groups is 1. The van der Waals surface area contributed by atoms with Crippen LogP contribution < -0.4 is 10.6 Å². The van der Waals surface area contributed by atoms with E-state index in [0.29, 0.717) is 11.5 Å². The zero-order valence-corrected chi connectivity index (χ0v) is 11.0. The first-order chi connectivity index (χ1) is 9.69. The molecule has 0 fully saturated rings. The highest BCUT2D eigenvalue weighted by atomic mass is 16.2. The zero-order chi connectivity index (χ0) is 14.4. The van der Waals surface area contributed by atoms with E-state index in [1.165, 1.54) is 0 Å². The highest BCUT2D eigenvalue weighted by Gasteiger charge is 2.13. The van der Waals surface area contributed by atoms with E-state index in [1.54, 1.807) is 25.1 Å². The van der Waals surface area contributed by atoms with Gasteiger partial charge in [0.15, 0.2) is 0 Å². The minimum absolute atomic E-state index is 0.166. The number of aromatic nitrogens is 1. The van der Waals surface area contributed by atoms with Gasteiger partial charge in [0.05, 0.1) is 0 Å². The summed E-state index contributed by atoms with van der Waals surface area (Å²) in [7, 11) is 0. The largest absolute Gasteiger partial charge is 0.359 e. The van der Waals surface area contributed by atoms with Crippen LogP contribution in [0.15, 0.2) is 48.5 Å². The van der Waals surface area contributed by atoms with Gasteiger partial charge >= 0.3 is 0 Å². The summed E-state index contributed by atoms with van der Waals surface area (Å²) in [5, 5.41) is 14.5. The molecule has 5 nitrogen and oxygen atoms in total. The highest BCUT2D eigenvalue weighted by Crippen LogP contribution is 2.09. The quantitative estimate of drug-likeness (QED) is 0.890. The number of hydrogen-bond donors (Lipinski definition) is 2. The van der Waals surface area contributed by atoms with Crippen LogP contribution in [0.5, 0.6) is 0 Å². The summed E-state index contributed by atoms with van der Waals surface area (Å²) in [5.41, 5.74) is 1.05. The molecule has 0 aliphatic rings. The van der Waals surface area contributed by atoms with Gasteiger partial charge in [-0.3, -0.25) is 4.79 Å². The third-order valence-electron chi connectivity index (χ3n) is 2.66. The van der Waals surface area contributed by atoms with Crippen LogP contribution in [0, 0.1) is 11.3 Å². The molecule has 0 saturated heterocycles. The number of carbonyl (C=O) groups excluding carboxylic acids is 1. The molecule has 1 aromatic heterocycles. The van der Waals surface area contributed by atoms with Crippen molar-refractivity contribution in [2.75, 3.05) is 10.6 Å². The summed E-state index contributed by atoms with van der Waals surface area (Å²) in [6, 6.07) is 15.8. The Morgan fingerprint density at radius 3 is 2.65 bits per heavy atom. The van der Waals surface area contributed by atoms with E-state index in [4.69, 9.17) is 5.26 Å². The summed E-state index contributed by atoms with van der Waals surface area (Å²) in [4.78, 5) is 16.1. The number of pyridine rings is 1. The number of hydrogen-bond acceptors (Lipinski definition) is 4. The van der Waals surface area contributed by atoms with Crippen molar-refractivity contribution in [2.24, 2.45) is 0 Å². The minimum atomic E-state index is -0.461. The van der Waals surface area contributed by atoms with Crippen LogP contribution in [0.25, 0.3) is 0 Å². The first-order valence-electron chi connectivity index (χ1n) is 6.18. The summed E-state index contributed by atoms with van der Waals surface area (Å²) < 4.78 is 0. The van der Waals surface area contributed by atoms with Crippen molar-refractivity contribution < 1.29 is 4.79 Å². The third kappa shape index (κ3) is 3.56. The third-order valence-corrected chi connectivity index (χ3v) is 2.66. The molecule has 1 atom stereocenters. The molecule has 2 rings (SSSR count). The average Bonchev–Trinajstić information content (AvgIpc) is 2.48. The second-order valence-corrected chi connectivity index (χ2v) is 4.24. The van der Waals surface area contributed by atoms with Gasteiger partial charge in [-0.1, -0.05) is 24.3 Å². The first-order valence-corrected chi connectivity index (χ1v) is 6.18. The van der Waals surface area contributed by atoms with Crippen LogP contribution in [0.1, 0.15) is 12.6 Å². The molecule has 1 amide bonds. The van der Waals surface area contributed by atoms with Gasteiger partial charge < -0.3 is 10.6 Å². The number of nitriles is 1. The Bertz CT molecular complexity index is 634. The number of amides is 1. The van der Waals surface area contributed by atoms with Crippen molar-refractivity contribution >= 4 is 17.4 Å². The Morgan fingerprint density at radius 1 is 1.20 bits per heavy atom. The number of nitrogens with one attached hydrogen (secondary N) is 2. The van der Waals surface area contributed by atoms with Gasteiger partial charge in [-0.05, 0) is 31.2 Å². The second kappa shape index (κ2) is 6.34. The van der Waals surface area contributed by atoms with Gasteiger partial charge in [0.25, 0.3) is 0 Å². The predicted molar refractivity (Wildman–Crippen MR) is 77.1 cm³/mol. The van der Waals surface area contributed by atoms with E-state index in [2.05, 4.69) is 15.6 Å². The molecule has 5 heteroatoms. The van der Waals surface area contributed by atoms with Gasteiger partial charge in [0.1, 0.15) is 23.6 Å². The molecule has 1 heterocycles. The lowest BCUT2D eigenvalue weighted by Gasteiger charge is -2.14. The standard InChI is InChI=1S/C15H14N4O/c1-11(15(20)19-12-6-3-2-4-7-12)17-14-9-5-8-13(10-16)18-14/h2-9,11H,1H3,(H,17,18)(H,19,20). The topological polar surface area (TPSA) is 77.8 Å². The SMILES string of the molecule is CC(Nc1cccc(C#N)n1)C(=O)Nc1ccccc1. The molecule has 0 aliphatic heterocycles. The van der Waals surface area contributed by atoms with Gasteiger partial charge in [0, 0.05) is 5.69 Å². The van der Waals surface area contributed by atoms with Crippen molar-refractivity contribution in [1.29, 1.82) is 5.26 Å². The lowest BCUT2D eigenvalue weighted by molar-refractivity contribution is -0.116. The maximum absolute atomic E-state index is 12.0. The maximum Gasteiger partial charge on any atom is 0.246 e. The fraction of sp³-hybridized carbons (Fsp3) is 0.133. The average molecular weight is 266 g/mol. The van der Waals surface area contributed by atoms with Crippen LogP contribution in [0.4, 0.5) is 11.5 Å². The molecule has 1 aromatic carbocycles. The number of anilines is 2. The molecule has 20 heavy (non-hydrogen) atoms. The lowest BCUT2D eigenvalue weighted by atomic mass is 10.2. The van der Waals surface area contributed by atoms with Crippen molar-refractivity contribution in [1.82, 2.24) is 4.98 Å². The van der Waals surface area contributed by atoms with Gasteiger partial charge in [-0.2, -0.15) is 5.26 Å². The number of para-hydroxylation sites is 1. The van der Waals surface area contributed by atoms with Crippen LogP contribution in [-0.2, 0) is 4.79 Å². The van der Waals surface area contributed by atoms with Crippen LogP contribution in [0.3, 0.4) is 0 Å². The minimum Gasteiger partial charge on any atom is -0.359 e. The molecule has 0 aliphatic carbocycles. The van der Waals surface area contributed by atoms with E-state index in [9.17, 15) is 4.79 Å². The number of benzene rings is 1. The molecule has 0 spiro atoms. The van der Waals surface area contributed by atoms with Gasteiger partial charge in [-0.25, -0.2) is 4.98 Å².